The monoisotopic (exact) mass is 245 g/mol. The molecule has 3 N–H and O–H groups in total. The van der Waals surface area contributed by atoms with Crippen molar-refractivity contribution in [1.29, 1.82) is 0 Å². The summed E-state index contributed by atoms with van der Waals surface area (Å²) in [6, 6.07) is 8.15. The lowest BCUT2D eigenvalue weighted by atomic mass is 10.1. The third kappa shape index (κ3) is 2.90. The van der Waals surface area contributed by atoms with E-state index in [4.69, 9.17) is 5.11 Å². The highest BCUT2D eigenvalue weighted by molar-refractivity contribution is 5.45. The number of hydrogen-bond acceptors (Lipinski definition) is 3. The minimum atomic E-state index is 0.195. The molecule has 2 aromatic rings. The van der Waals surface area contributed by atoms with Crippen molar-refractivity contribution >= 4 is 5.69 Å². The van der Waals surface area contributed by atoms with E-state index >= 15 is 0 Å². The molecule has 0 aliphatic rings. The molecule has 0 saturated heterocycles. The van der Waals surface area contributed by atoms with Crippen molar-refractivity contribution in [2.24, 2.45) is 0 Å². The van der Waals surface area contributed by atoms with Gasteiger partial charge in [0.2, 0.25) is 0 Å². The predicted octanol–water partition coefficient (Wildman–Crippen LogP) is 2.17. The zero-order chi connectivity index (χ0) is 13.0. The number of aromatic nitrogens is 2. The van der Waals surface area contributed by atoms with Gasteiger partial charge in [-0.25, -0.2) is 0 Å². The van der Waals surface area contributed by atoms with Crippen LogP contribution in [0.3, 0.4) is 0 Å². The van der Waals surface area contributed by atoms with Gasteiger partial charge < -0.3 is 10.4 Å². The van der Waals surface area contributed by atoms with Gasteiger partial charge in [0.15, 0.2) is 0 Å². The van der Waals surface area contributed by atoms with E-state index in [0.717, 1.165) is 29.2 Å². The van der Waals surface area contributed by atoms with Crippen LogP contribution in [-0.2, 0) is 13.0 Å². The van der Waals surface area contributed by atoms with E-state index in [2.05, 4.69) is 15.5 Å². The van der Waals surface area contributed by atoms with Crippen molar-refractivity contribution in [1.82, 2.24) is 10.2 Å². The fraction of sp³-hybridized carbons (Fsp3) is 0.357. The summed E-state index contributed by atoms with van der Waals surface area (Å²) in [5.41, 5.74) is 5.60. The Kier molecular flexibility index (Phi) is 3.99. The Bertz CT molecular complexity index is 483. The van der Waals surface area contributed by atoms with E-state index in [9.17, 15) is 0 Å². The molecule has 1 heterocycles. The van der Waals surface area contributed by atoms with Crippen molar-refractivity contribution in [3.63, 3.8) is 0 Å². The molecular weight excluding hydrogens is 226 g/mol. The van der Waals surface area contributed by atoms with E-state index in [0.29, 0.717) is 6.42 Å². The minimum Gasteiger partial charge on any atom is -0.396 e. The molecule has 0 radical (unpaired) electrons. The van der Waals surface area contributed by atoms with Crippen molar-refractivity contribution in [2.45, 2.75) is 26.8 Å². The van der Waals surface area contributed by atoms with Crippen molar-refractivity contribution in [2.75, 3.05) is 11.9 Å². The Labute approximate surface area is 107 Å². The molecule has 0 spiro atoms. The summed E-state index contributed by atoms with van der Waals surface area (Å²) in [5.74, 6) is 0. The van der Waals surface area contributed by atoms with E-state index in [1.54, 1.807) is 0 Å². The maximum absolute atomic E-state index is 8.85. The van der Waals surface area contributed by atoms with Crippen LogP contribution in [0, 0.1) is 13.8 Å². The zero-order valence-electron chi connectivity index (χ0n) is 10.8. The Morgan fingerprint density at radius 2 is 1.94 bits per heavy atom. The lowest BCUT2D eigenvalue weighted by molar-refractivity contribution is 0.299. The molecule has 0 bridgehead atoms. The summed E-state index contributed by atoms with van der Waals surface area (Å²) in [6.07, 6.45) is 0.709. The number of aryl methyl sites for hydroxylation is 2. The van der Waals surface area contributed by atoms with Gasteiger partial charge in [-0.2, -0.15) is 5.10 Å². The Morgan fingerprint density at radius 1 is 1.22 bits per heavy atom. The first-order valence-corrected chi connectivity index (χ1v) is 6.15. The molecule has 4 nitrogen and oxygen atoms in total. The average Bonchev–Trinajstić information content (AvgIpc) is 2.69. The van der Waals surface area contributed by atoms with Crippen LogP contribution in [0.1, 0.15) is 22.5 Å². The first kappa shape index (κ1) is 12.6. The number of H-pyrrole nitrogens is 1. The van der Waals surface area contributed by atoms with Gasteiger partial charge >= 0.3 is 0 Å². The number of anilines is 1. The number of aliphatic hydroxyl groups is 1. The molecule has 0 aliphatic heterocycles. The van der Waals surface area contributed by atoms with Gasteiger partial charge in [-0.1, -0.05) is 12.1 Å². The number of nitrogens with one attached hydrogen (secondary N) is 2. The van der Waals surface area contributed by atoms with Crippen LogP contribution in [0.4, 0.5) is 5.69 Å². The van der Waals surface area contributed by atoms with E-state index < -0.39 is 0 Å². The predicted molar refractivity (Wildman–Crippen MR) is 72.6 cm³/mol. The highest BCUT2D eigenvalue weighted by Crippen LogP contribution is 2.14. The third-order valence-corrected chi connectivity index (χ3v) is 3.10. The van der Waals surface area contributed by atoms with Gasteiger partial charge in [0, 0.05) is 30.1 Å². The van der Waals surface area contributed by atoms with Crippen LogP contribution < -0.4 is 5.32 Å². The topological polar surface area (TPSA) is 60.9 Å². The van der Waals surface area contributed by atoms with Crippen LogP contribution >= 0.6 is 0 Å². The number of nitrogens with zero attached hydrogens (tertiary/aromatic N) is 1. The molecule has 1 aromatic heterocycles. The summed E-state index contributed by atoms with van der Waals surface area (Å²) < 4.78 is 0. The second kappa shape index (κ2) is 5.69. The number of aromatic amines is 1. The highest BCUT2D eigenvalue weighted by atomic mass is 16.2. The molecule has 0 aliphatic carbocycles. The maximum atomic E-state index is 8.85. The highest BCUT2D eigenvalue weighted by Gasteiger charge is 2.05. The molecule has 4 heteroatoms. The lowest BCUT2D eigenvalue weighted by Gasteiger charge is -2.07. The number of rotatable bonds is 5. The van der Waals surface area contributed by atoms with Crippen LogP contribution in [-0.4, -0.2) is 21.9 Å². The summed E-state index contributed by atoms with van der Waals surface area (Å²) in [5, 5.41) is 19.4. The van der Waals surface area contributed by atoms with E-state index in [-0.39, 0.29) is 6.61 Å². The van der Waals surface area contributed by atoms with Crippen LogP contribution in [0.2, 0.25) is 0 Å². The van der Waals surface area contributed by atoms with Crippen molar-refractivity contribution < 1.29 is 5.11 Å². The summed E-state index contributed by atoms with van der Waals surface area (Å²) in [4.78, 5) is 0. The molecule has 2 rings (SSSR count). The fourth-order valence-electron chi connectivity index (χ4n) is 1.94. The van der Waals surface area contributed by atoms with Gasteiger partial charge in [0.1, 0.15) is 0 Å². The standard InChI is InChI=1S/C14H19N3O/c1-10-14(11(2)17-16-10)9-15-13-5-3-12(4-6-13)7-8-18/h3-6,15,18H,7-9H2,1-2H3,(H,16,17). The van der Waals surface area contributed by atoms with Gasteiger partial charge in [0.05, 0.1) is 5.69 Å². The van der Waals surface area contributed by atoms with Crippen LogP contribution in [0.5, 0.6) is 0 Å². The molecule has 0 atom stereocenters. The van der Waals surface area contributed by atoms with E-state index in [1.165, 1.54) is 5.56 Å². The molecule has 1 aromatic carbocycles. The SMILES string of the molecule is Cc1n[nH]c(C)c1CNc1ccc(CCO)cc1. The Morgan fingerprint density at radius 3 is 2.50 bits per heavy atom. The second-order valence-electron chi connectivity index (χ2n) is 4.44. The molecule has 96 valence electrons. The largest absolute Gasteiger partial charge is 0.396 e. The summed E-state index contributed by atoms with van der Waals surface area (Å²) >= 11 is 0. The molecular formula is C14H19N3O. The molecule has 0 fully saturated rings. The molecule has 0 saturated carbocycles. The molecule has 18 heavy (non-hydrogen) atoms. The second-order valence-corrected chi connectivity index (χ2v) is 4.44. The molecule has 0 unspecified atom stereocenters. The van der Waals surface area contributed by atoms with Gasteiger partial charge in [-0.3, -0.25) is 5.10 Å². The lowest BCUT2D eigenvalue weighted by Crippen LogP contribution is -2.01. The summed E-state index contributed by atoms with van der Waals surface area (Å²) in [6.45, 7) is 5.00. The maximum Gasteiger partial charge on any atom is 0.0643 e. The van der Waals surface area contributed by atoms with Crippen molar-refractivity contribution in [3.05, 3.63) is 46.8 Å². The number of hydrogen-bond donors (Lipinski definition) is 3. The Hall–Kier alpha value is -1.81. The van der Waals surface area contributed by atoms with Crippen LogP contribution in [0.25, 0.3) is 0 Å². The van der Waals surface area contributed by atoms with Gasteiger partial charge in [-0.15, -0.1) is 0 Å². The molecule has 0 amide bonds. The zero-order valence-corrected chi connectivity index (χ0v) is 10.8. The number of benzene rings is 1. The first-order chi connectivity index (χ1) is 8.70. The normalized spacial score (nSPS) is 10.6. The van der Waals surface area contributed by atoms with E-state index in [1.807, 2.05) is 38.1 Å². The first-order valence-electron chi connectivity index (χ1n) is 6.15. The quantitative estimate of drug-likeness (QED) is 0.756. The average molecular weight is 245 g/mol. The summed E-state index contributed by atoms with van der Waals surface area (Å²) in [7, 11) is 0. The smallest absolute Gasteiger partial charge is 0.0643 e. The Balaban J connectivity index is 1.98. The fourth-order valence-corrected chi connectivity index (χ4v) is 1.94. The third-order valence-electron chi connectivity index (χ3n) is 3.10. The van der Waals surface area contributed by atoms with Crippen LogP contribution in [0.15, 0.2) is 24.3 Å². The number of aliphatic hydroxyl groups excluding tert-OH is 1. The van der Waals surface area contributed by atoms with Gasteiger partial charge in [-0.05, 0) is 38.0 Å². The van der Waals surface area contributed by atoms with Gasteiger partial charge in [0.25, 0.3) is 0 Å². The minimum absolute atomic E-state index is 0.195. The van der Waals surface area contributed by atoms with Crippen molar-refractivity contribution in [3.8, 4) is 0 Å².